The highest BCUT2D eigenvalue weighted by molar-refractivity contribution is 9.10. The zero-order valence-corrected chi connectivity index (χ0v) is 11.6. The number of rotatable bonds is 4. The average Bonchev–Trinajstić information content (AvgIpc) is 2.77. The predicted octanol–water partition coefficient (Wildman–Crippen LogP) is 3.61. The van der Waals surface area contributed by atoms with Crippen LogP contribution in [-0.4, -0.2) is 15.2 Å². The molecule has 102 valence electrons. The van der Waals surface area contributed by atoms with E-state index in [4.69, 9.17) is 4.52 Å². The summed E-state index contributed by atoms with van der Waals surface area (Å²) in [6.07, 6.45) is 0.278. The normalized spacial score (nSPS) is 12.7. The molecule has 7 heteroatoms. The van der Waals surface area contributed by atoms with Gasteiger partial charge in [0.05, 0.1) is 0 Å². The maximum Gasteiger partial charge on any atom is 0.263 e. The second-order valence-corrected chi connectivity index (χ2v) is 4.92. The molecule has 0 bridgehead atoms. The van der Waals surface area contributed by atoms with Gasteiger partial charge in [-0.2, -0.15) is 4.98 Å². The Morgan fingerprint density at radius 1 is 1.37 bits per heavy atom. The lowest BCUT2D eigenvalue weighted by Crippen LogP contribution is -1.99. The number of nitrogens with zero attached hydrogens (tertiary/aromatic N) is 2. The van der Waals surface area contributed by atoms with Crippen molar-refractivity contribution in [2.75, 3.05) is 0 Å². The third-order valence-corrected chi connectivity index (χ3v) is 2.98. The number of aromatic nitrogens is 2. The number of benzene rings is 1. The largest absolute Gasteiger partial charge is 0.385 e. The van der Waals surface area contributed by atoms with Crippen LogP contribution in [0.1, 0.15) is 31.7 Å². The standard InChI is InChI=1S/C12H11BrF2N2O2/c1-2-3-9(18)11-16-12(19-17-11)10-7(14)4-6(13)5-8(10)15/h4-5,9,18H,2-3H2,1H3. The van der Waals surface area contributed by atoms with Gasteiger partial charge < -0.3 is 9.63 Å². The van der Waals surface area contributed by atoms with Gasteiger partial charge in [0.15, 0.2) is 0 Å². The molecule has 1 N–H and O–H groups in total. The third-order valence-electron chi connectivity index (χ3n) is 2.52. The SMILES string of the molecule is CCCC(O)c1noc(-c2c(F)cc(Br)cc2F)n1. The minimum atomic E-state index is -0.899. The Bertz CT molecular complexity index is 566. The second-order valence-electron chi connectivity index (χ2n) is 4.01. The van der Waals surface area contributed by atoms with E-state index in [0.29, 0.717) is 6.42 Å². The van der Waals surface area contributed by atoms with E-state index < -0.39 is 23.3 Å². The highest BCUT2D eigenvalue weighted by Gasteiger charge is 2.21. The van der Waals surface area contributed by atoms with Crippen LogP contribution in [0.4, 0.5) is 8.78 Å². The fourth-order valence-corrected chi connectivity index (χ4v) is 2.02. The molecule has 0 spiro atoms. The lowest BCUT2D eigenvalue weighted by atomic mass is 10.2. The molecule has 0 amide bonds. The van der Waals surface area contributed by atoms with Gasteiger partial charge in [-0.1, -0.05) is 34.4 Å². The van der Waals surface area contributed by atoms with E-state index >= 15 is 0 Å². The van der Waals surface area contributed by atoms with Crippen molar-refractivity contribution in [1.82, 2.24) is 10.1 Å². The predicted molar refractivity (Wildman–Crippen MR) is 67.2 cm³/mol. The number of hydrogen-bond acceptors (Lipinski definition) is 4. The third kappa shape index (κ3) is 2.98. The number of hydrogen-bond donors (Lipinski definition) is 1. The summed E-state index contributed by atoms with van der Waals surface area (Å²) >= 11 is 2.98. The minimum absolute atomic E-state index is 0.0265. The van der Waals surface area contributed by atoms with Crippen molar-refractivity contribution in [3.63, 3.8) is 0 Å². The van der Waals surface area contributed by atoms with E-state index in [2.05, 4.69) is 26.1 Å². The van der Waals surface area contributed by atoms with Crippen LogP contribution in [0.5, 0.6) is 0 Å². The molecule has 1 unspecified atom stereocenters. The van der Waals surface area contributed by atoms with Crippen molar-refractivity contribution < 1.29 is 18.4 Å². The molecule has 1 aromatic carbocycles. The summed E-state index contributed by atoms with van der Waals surface area (Å²) in [5, 5.41) is 13.2. The van der Waals surface area contributed by atoms with Crippen molar-refractivity contribution in [3.05, 3.63) is 34.1 Å². The quantitative estimate of drug-likeness (QED) is 0.929. The van der Waals surface area contributed by atoms with E-state index in [0.717, 1.165) is 18.6 Å². The van der Waals surface area contributed by atoms with Crippen LogP contribution in [0, 0.1) is 11.6 Å². The molecule has 1 atom stereocenters. The lowest BCUT2D eigenvalue weighted by Gasteiger charge is -2.02. The Balaban J connectivity index is 2.38. The average molecular weight is 333 g/mol. The van der Waals surface area contributed by atoms with Crippen LogP contribution < -0.4 is 0 Å². The number of halogens is 3. The molecule has 0 saturated carbocycles. The molecule has 1 heterocycles. The van der Waals surface area contributed by atoms with E-state index in [9.17, 15) is 13.9 Å². The molecule has 2 rings (SSSR count). The van der Waals surface area contributed by atoms with Crippen LogP contribution in [-0.2, 0) is 0 Å². The molecule has 19 heavy (non-hydrogen) atoms. The maximum atomic E-state index is 13.7. The Kier molecular flexibility index (Phi) is 4.26. The van der Waals surface area contributed by atoms with Gasteiger partial charge in [0, 0.05) is 4.47 Å². The fraction of sp³-hybridized carbons (Fsp3) is 0.333. The topological polar surface area (TPSA) is 59.2 Å². The zero-order chi connectivity index (χ0) is 14.0. The molecule has 0 radical (unpaired) electrons. The van der Waals surface area contributed by atoms with Gasteiger partial charge in [0.2, 0.25) is 5.82 Å². The first-order chi connectivity index (χ1) is 9.02. The van der Waals surface area contributed by atoms with Crippen LogP contribution in [0.25, 0.3) is 11.5 Å². The first-order valence-electron chi connectivity index (χ1n) is 5.69. The number of aliphatic hydroxyl groups is 1. The van der Waals surface area contributed by atoms with Gasteiger partial charge >= 0.3 is 0 Å². The van der Waals surface area contributed by atoms with E-state index in [-0.39, 0.29) is 16.2 Å². The Morgan fingerprint density at radius 2 is 2.00 bits per heavy atom. The zero-order valence-electron chi connectivity index (χ0n) is 10.0. The minimum Gasteiger partial charge on any atom is -0.385 e. The van der Waals surface area contributed by atoms with Crippen molar-refractivity contribution in [2.24, 2.45) is 0 Å². The fourth-order valence-electron chi connectivity index (χ4n) is 1.62. The van der Waals surface area contributed by atoms with Crippen LogP contribution in [0.3, 0.4) is 0 Å². The van der Waals surface area contributed by atoms with E-state index in [1.807, 2.05) is 6.92 Å². The summed E-state index contributed by atoms with van der Waals surface area (Å²) in [6.45, 7) is 1.89. The first-order valence-corrected chi connectivity index (χ1v) is 6.48. The van der Waals surface area contributed by atoms with Crippen molar-refractivity contribution in [3.8, 4) is 11.5 Å². The Hall–Kier alpha value is -1.34. The molecule has 0 aliphatic heterocycles. The van der Waals surface area contributed by atoms with Gasteiger partial charge in [-0.25, -0.2) is 8.78 Å². The molecule has 2 aromatic rings. The number of aliphatic hydroxyl groups excluding tert-OH is 1. The van der Waals surface area contributed by atoms with E-state index in [1.54, 1.807) is 0 Å². The van der Waals surface area contributed by atoms with Gasteiger partial charge in [-0.05, 0) is 18.6 Å². The molecule has 4 nitrogen and oxygen atoms in total. The van der Waals surface area contributed by atoms with Gasteiger partial charge in [-0.15, -0.1) is 0 Å². The van der Waals surface area contributed by atoms with Crippen LogP contribution in [0.2, 0.25) is 0 Å². The van der Waals surface area contributed by atoms with Gasteiger partial charge in [0.1, 0.15) is 23.3 Å². The van der Waals surface area contributed by atoms with Crippen molar-refractivity contribution in [1.29, 1.82) is 0 Å². The van der Waals surface area contributed by atoms with Crippen LogP contribution in [0.15, 0.2) is 21.1 Å². The summed E-state index contributed by atoms with van der Waals surface area (Å²) in [5.74, 6) is -1.88. The summed E-state index contributed by atoms with van der Waals surface area (Å²) in [6, 6.07) is 2.20. The summed E-state index contributed by atoms with van der Waals surface area (Å²) in [7, 11) is 0. The Morgan fingerprint density at radius 3 is 2.58 bits per heavy atom. The molecule has 0 saturated heterocycles. The van der Waals surface area contributed by atoms with Crippen molar-refractivity contribution >= 4 is 15.9 Å². The van der Waals surface area contributed by atoms with Crippen LogP contribution >= 0.6 is 15.9 Å². The maximum absolute atomic E-state index is 13.7. The second kappa shape index (κ2) is 5.75. The Labute approximate surface area is 116 Å². The summed E-state index contributed by atoms with van der Waals surface area (Å²) in [5.41, 5.74) is -0.398. The lowest BCUT2D eigenvalue weighted by molar-refractivity contribution is 0.153. The first kappa shape index (κ1) is 14.1. The van der Waals surface area contributed by atoms with Gasteiger partial charge in [0.25, 0.3) is 5.89 Å². The highest BCUT2D eigenvalue weighted by Crippen LogP contribution is 2.28. The monoisotopic (exact) mass is 332 g/mol. The van der Waals surface area contributed by atoms with Crippen molar-refractivity contribution in [2.45, 2.75) is 25.9 Å². The molecule has 0 aliphatic rings. The molecule has 0 fully saturated rings. The summed E-state index contributed by atoms with van der Waals surface area (Å²) in [4.78, 5) is 3.83. The molecular formula is C12H11BrF2N2O2. The smallest absolute Gasteiger partial charge is 0.263 e. The summed E-state index contributed by atoms with van der Waals surface area (Å²) < 4.78 is 32.5. The molecule has 0 aliphatic carbocycles. The highest BCUT2D eigenvalue weighted by atomic mass is 79.9. The molecule has 1 aromatic heterocycles. The van der Waals surface area contributed by atoms with Gasteiger partial charge in [-0.3, -0.25) is 0 Å². The van der Waals surface area contributed by atoms with E-state index in [1.165, 1.54) is 0 Å². The molecular weight excluding hydrogens is 322 g/mol.